The lowest BCUT2D eigenvalue weighted by atomic mass is 9.91. The Labute approximate surface area is 260 Å². The number of piperazine rings is 1. The normalized spacial score (nSPS) is 17.0. The maximum Gasteiger partial charge on any atom is 0.407 e. The molecule has 5 rings (SSSR count). The van der Waals surface area contributed by atoms with Crippen molar-refractivity contribution in [3.05, 3.63) is 64.3 Å². The number of aliphatic hydroxyl groups is 1. The molecule has 0 saturated carbocycles. The van der Waals surface area contributed by atoms with Gasteiger partial charge in [-0.3, -0.25) is 9.69 Å². The van der Waals surface area contributed by atoms with Crippen LogP contribution in [0.4, 0.5) is 10.6 Å². The molecular weight excluding hydrogens is 595 g/mol. The van der Waals surface area contributed by atoms with Crippen LogP contribution in [-0.4, -0.2) is 93.4 Å². The first-order valence-electron chi connectivity index (χ1n) is 14.1. The number of carbonyl (C=O) groups is 2. The number of halogens is 2. The number of pyridine rings is 2. The van der Waals surface area contributed by atoms with Gasteiger partial charge in [0, 0.05) is 81.0 Å². The van der Waals surface area contributed by atoms with Crippen molar-refractivity contribution >= 4 is 41.0 Å². The quantitative estimate of drug-likeness (QED) is 0.330. The zero-order valence-electron chi connectivity index (χ0n) is 23.8. The molecule has 4 heterocycles. The first-order valence-corrected chi connectivity index (χ1v) is 14.8. The maximum absolute atomic E-state index is 11.3. The van der Waals surface area contributed by atoms with Gasteiger partial charge in [-0.05, 0) is 54.8 Å². The molecule has 0 atom stereocenters. The smallest absolute Gasteiger partial charge is 0.407 e. The number of piperidine rings is 1. The fourth-order valence-corrected chi connectivity index (χ4v) is 5.80. The van der Waals surface area contributed by atoms with Gasteiger partial charge in [-0.2, -0.15) is 0 Å². The summed E-state index contributed by atoms with van der Waals surface area (Å²) in [6, 6.07) is 12.8. The molecule has 228 valence electrons. The van der Waals surface area contributed by atoms with Crippen molar-refractivity contribution in [2.24, 2.45) is 0 Å². The van der Waals surface area contributed by atoms with Crippen molar-refractivity contribution in [2.75, 3.05) is 50.7 Å². The molecular formula is C30H34Cl2N6O5. The Kier molecular flexibility index (Phi) is 9.55. The van der Waals surface area contributed by atoms with Crippen molar-refractivity contribution in [3.8, 4) is 22.9 Å². The van der Waals surface area contributed by atoms with E-state index >= 15 is 0 Å². The van der Waals surface area contributed by atoms with Crippen LogP contribution in [0.5, 0.6) is 11.6 Å². The van der Waals surface area contributed by atoms with Crippen LogP contribution in [0.1, 0.15) is 25.3 Å². The SMILES string of the molecule is CC(=O)NCC1(O)CCN(Cc2cc(Oc3ccc(N4CCN(C(=O)O)CC4)nc3)nc(-c3cc(Cl)cc(Cl)c3)c2)CC1. The number of nitrogens with one attached hydrogen (secondary N) is 1. The van der Waals surface area contributed by atoms with Gasteiger partial charge in [0.15, 0.2) is 0 Å². The number of rotatable bonds is 8. The molecule has 0 radical (unpaired) electrons. The zero-order chi connectivity index (χ0) is 30.6. The first-order chi connectivity index (χ1) is 20.5. The Hall–Kier alpha value is -3.64. The molecule has 0 bridgehead atoms. The fraction of sp³-hybridized carbons (Fsp3) is 0.400. The zero-order valence-corrected chi connectivity index (χ0v) is 25.3. The number of aromatic nitrogens is 2. The Morgan fingerprint density at radius 3 is 2.30 bits per heavy atom. The van der Waals surface area contributed by atoms with E-state index in [9.17, 15) is 19.8 Å². The van der Waals surface area contributed by atoms with E-state index in [0.717, 1.165) is 16.9 Å². The molecule has 43 heavy (non-hydrogen) atoms. The van der Waals surface area contributed by atoms with Crippen LogP contribution in [0.3, 0.4) is 0 Å². The Morgan fingerprint density at radius 1 is 1.00 bits per heavy atom. The third kappa shape index (κ3) is 8.26. The topological polar surface area (TPSA) is 131 Å². The van der Waals surface area contributed by atoms with Gasteiger partial charge in [-0.15, -0.1) is 0 Å². The Morgan fingerprint density at radius 2 is 1.70 bits per heavy atom. The molecule has 2 aliphatic heterocycles. The second-order valence-electron chi connectivity index (χ2n) is 11.0. The van der Waals surface area contributed by atoms with E-state index in [0.29, 0.717) is 86.0 Å². The van der Waals surface area contributed by atoms with Crippen LogP contribution < -0.4 is 15.0 Å². The number of carboxylic acid groups (broad SMARTS) is 1. The molecule has 13 heteroatoms. The van der Waals surface area contributed by atoms with Gasteiger partial charge in [0.25, 0.3) is 0 Å². The van der Waals surface area contributed by atoms with Gasteiger partial charge in [-0.25, -0.2) is 14.8 Å². The van der Waals surface area contributed by atoms with Gasteiger partial charge in [0.05, 0.1) is 17.5 Å². The predicted octanol–water partition coefficient (Wildman–Crippen LogP) is 4.51. The summed E-state index contributed by atoms with van der Waals surface area (Å²) in [5, 5.41) is 23.8. The first kappa shape index (κ1) is 30.8. The molecule has 2 saturated heterocycles. The molecule has 0 unspecified atom stereocenters. The van der Waals surface area contributed by atoms with E-state index in [4.69, 9.17) is 32.9 Å². The third-order valence-corrected chi connectivity index (χ3v) is 8.13. The standard InChI is InChI=1S/C30H34Cl2N6O5/c1-20(39)34-19-30(42)4-6-36(7-5-30)18-21-12-26(22-14-23(31)16-24(32)15-22)35-28(13-21)43-25-2-3-27(33-17-25)37-8-10-38(11-9-37)29(40)41/h2-3,12-17,42H,4-11,18-19H2,1H3,(H,34,39)(H,40,41). The van der Waals surface area contributed by atoms with Gasteiger partial charge < -0.3 is 30.1 Å². The molecule has 3 N–H and O–H groups in total. The monoisotopic (exact) mass is 628 g/mol. The predicted molar refractivity (Wildman–Crippen MR) is 164 cm³/mol. The van der Waals surface area contributed by atoms with Crippen LogP contribution in [0.15, 0.2) is 48.7 Å². The number of nitrogens with zero attached hydrogens (tertiary/aromatic N) is 5. The largest absolute Gasteiger partial charge is 0.465 e. The summed E-state index contributed by atoms with van der Waals surface area (Å²) < 4.78 is 6.17. The number of carbonyl (C=O) groups excluding carboxylic acids is 1. The fourth-order valence-electron chi connectivity index (χ4n) is 5.27. The average molecular weight is 630 g/mol. The lowest BCUT2D eigenvalue weighted by Gasteiger charge is -2.38. The van der Waals surface area contributed by atoms with Crippen molar-refractivity contribution < 1.29 is 24.5 Å². The minimum atomic E-state index is -0.916. The highest BCUT2D eigenvalue weighted by atomic mass is 35.5. The van der Waals surface area contributed by atoms with E-state index in [1.54, 1.807) is 24.4 Å². The molecule has 2 fully saturated rings. The van der Waals surface area contributed by atoms with Crippen LogP contribution in [-0.2, 0) is 11.3 Å². The number of ether oxygens (including phenoxy) is 1. The summed E-state index contributed by atoms with van der Waals surface area (Å²) >= 11 is 12.6. The number of benzene rings is 1. The Balaban J connectivity index is 1.32. The van der Waals surface area contributed by atoms with E-state index < -0.39 is 11.7 Å². The highest BCUT2D eigenvalue weighted by Crippen LogP contribution is 2.31. The highest BCUT2D eigenvalue weighted by Gasteiger charge is 2.32. The lowest BCUT2D eigenvalue weighted by molar-refractivity contribution is -0.120. The van der Waals surface area contributed by atoms with Crippen LogP contribution in [0.2, 0.25) is 10.0 Å². The molecule has 2 aliphatic rings. The van der Waals surface area contributed by atoms with Gasteiger partial charge in [-0.1, -0.05) is 23.2 Å². The summed E-state index contributed by atoms with van der Waals surface area (Å²) in [4.78, 5) is 37.5. The number of amides is 2. The van der Waals surface area contributed by atoms with Gasteiger partial charge in [0.1, 0.15) is 11.6 Å². The summed E-state index contributed by atoms with van der Waals surface area (Å²) in [5.74, 6) is 1.48. The molecule has 11 nitrogen and oxygen atoms in total. The lowest BCUT2D eigenvalue weighted by Crippen LogP contribution is -2.50. The molecule has 1 aromatic carbocycles. The molecule has 0 aliphatic carbocycles. The molecule has 3 aromatic rings. The Bertz CT molecular complexity index is 1440. The molecule has 2 amide bonds. The van der Waals surface area contributed by atoms with Crippen LogP contribution >= 0.6 is 23.2 Å². The van der Waals surface area contributed by atoms with E-state index in [2.05, 4.69) is 15.2 Å². The number of likely N-dealkylation sites (tertiary alicyclic amines) is 1. The maximum atomic E-state index is 11.3. The second kappa shape index (κ2) is 13.3. The van der Waals surface area contributed by atoms with Crippen LogP contribution in [0.25, 0.3) is 11.3 Å². The number of hydrogen-bond acceptors (Lipinski definition) is 8. The minimum Gasteiger partial charge on any atom is -0.465 e. The van der Waals surface area contributed by atoms with Crippen molar-refractivity contribution in [2.45, 2.75) is 31.9 Å². The third-order valence-electron chi connectivity index (χ3n) is 7.70. The molecule has 2 aromatic heterocycles. The number of anilines is 1. The van der Waals surface area contributed by atoms with Crippen molar-refractivity contribution in [3.63, 3.8) is 0 Å². The van der Waals surface area contributed by atoms with Crippen molar-refractivity contribution in [1.82, 2.24) is 25.1 Å². The average Bonchev–Trinajstić information content (AvgIpc) is 2.97. The molecule has 0 spiro atoms. The number of hydrogen-bond donors (Lipinski definition) is 3. The van der Waals surface area contributed by atoms with Crippen molar-refractivity contribution in [1.29, 1.82) is 0 Å². The summed E-state index contributed by atoms with van der Waals surface area (Å²) in [7, 11) is 0. The van der Waals surface area contributed by atoms with Crippen LogP contribution in [0, 0.1) is 0 Å². The summed E-state index contributed by atoms with van der Waals surface area (Å²) in [5.41, 5.74) is 1.45. The highest BCUT2D eigenvalue weighted by molar-refractivity contribution is 6.35. The second-order valence-corrected chi connectivity index (χ2v) is 11.9. The summed E-state index contributed by atoms with van der Waals surface area (Å²) in [6.07, 6.45) is 1.81. The van der Waals surface area contributed by atoms with E-state index in [1.165, 1.54) is 11.8 Å². The van der Waals surface area contributed by atoms with E-state index in [-0.39, 0.29) is 12.5 Å². The van der Waals surface area contributed by atoms with Gasteiger partial charge in [0.2, 0.25) is 11.8 Å². The van der Waals surface area contributed by atoms with Gasteiger partial charge >= 0.3 is 6.09 Å². The van der Waals surface area contributed by atoms with E-state index in [1.807, 2.05) is 29.2 Å². The summed E-state index contributed by atoms with van der Waals surface area (Å²) in [6.45, 7) is 5.61. The minimum absolute atomic E-state index is 0.155.